The molecule has 3 N–H and O–H groups in total. The molecular weight excluding hydrogens is 331 g/mol. The van der Waals surface area contributed by atoms with Crippen LogP contribution in [0.1, 0.15) is 22.7 Å². The summed E-state index contributed by atoms with van der Waals surface area (Å²) in [4.78, 5) is 0. The van der Waals surface area contributed by atoms with Gasteiger partial charge in [0.2, 0.25) is 0 Å². The van der Waals surface area contributed by atoms with E-state index in [-0.39, 0.29) is 11.9 Å². The zero-order chi connectivity index (χ0) is 14.0. The molecule has 0 amide bonds. The molecule has 2 nitrogen and oxygen atoms in total. The SMILES string of the molecule is Cc1cc(C(NN)c2cc(Cl)cc(Br)c2)ccc1F. The molecule has 2 aromatic carbocycles. The van der Waals surface area contributed by atoms with Crippen molar-refractivity contribution in [2.24, 2.45) is 5.84 Å². The quantitative estimate of drug-likeness (QED) is 0.650. The molecule has 2 aromatic rings. The Bertz CT molecular complexity index is 584. The van der Waals surface area contributed by atoms with Crippen LogP contribution in [0.2, 0.25) is 5.02 Å². The first kappa shape index (κ1) is 14.5. The first-order valence-electron chi connectivity index (χ1n) is 5.69. The van der Waals surface area contributed by atoms with Crippen molar-refractivity contribution in [3.8, 4) is 0 Å². The van der Waals surface area contributed by atoms with Gasteiger partial charge in [-0.25, -0.2) is 9.82 Å². The number of hydrogen-bond donors (Lipinski definition) is 2. The molecule has 0 aliphatic heterocycles. The van der Waals surface area contributed by atoms with Crippen LogP contribution < -0.4 is 11.3 Å². The molecular formula is C14H13BrClFN2. The van der Waals surface area contributed by atoms with Gasteiger partial charge in [-0.05, 0) is 47.9 Å². The smallest absolute Gasteiger partial charge is 0.126 e. The number of aryl methyl sites for hydroxylation is 1. The summed E-state index contributed by atoms with van der Waals surface area (Å²) in [5.74, 6) is 5.39. The second-order valence-corrected chi connectivity index (χ2v) is 5.66. The van der Waals surface area contributed by atoms with Gasteiger partial charge in [-0.15, -0.1) is 0 Å². The van der Waals surface area contributed by atoms with Crippen molar-refractivity contribution in [2.45, 2.75) is 13.0 Å². The molecule has 0 radical (unpaired) electrons. The molecule has 0 bridgehead atoms. The Morgan fingerprint density at radius 1 is 1.21 bits per heavy atom. The molecule has 0 saturated carbocycles. The average molecular weight is 344 g/mol. The van der Waals surface area contributed by atoms with Crippen LogP contribution in [0.25, 0.3) is 0 Å². The molecule has 0 saturated heterocycles. The van der Waals surface area contributed by atoms with E-state index in [4.69, 9.17) is 17.4 Å². The van der Waals surface area contributed by atoms with Crippen LogP contribution in [0.5, 0.6) is 0 Å². The van der Waals surface area contributed by atoms with Crippen LogP contribution in [-0.2, 0) is 0 Å². The molecule has 0 heterocycles. The van der Waals surface area contributed by atoms with Crippen molar-refractivity contribution >= 4 is 27.5 Å². The Morgan fingerprint density at radius 3 is 2.53 bits per heavy atom. The topological polar surface area (TPSA) is 38.0 Å². The Labute approximate surface area is 124 Å². The van der Waals surface area contributed by atoms with Crippen LogP contribution in [0, 0.1) is 12.7 Å². The van der Waals surface area contributed by atoms with E-state index in [2.05, 4.69) is 21.4 Å². The van der Waals surface area contributed by atoms with Crippen LogP contribution >= 0.6 is 27.5 Å². The predicted octanol–water partition coefficient (Wildman–Crippen LogP) is 4.10. The zero-order valence-corrected chi connectivity index (χ0v) is 12.6. The highest BCUT2D eigenvalue weighted by atomic mass is 79.9. The molecule has 5 heteroatoms. The van der Waals surface area contributed by atoms with Gasteiger partial charge in [0.05, 0.1) is 6.04 Å². The Kier molecular flexibility index (Phi) is 4.58. The highest BCUT2D eigenvalue weighted by molar-refractivity contribution is 9.10. The van der Waals surface area contributed by atoms with E-state index in [0.717, 1.165) is 15.6 Å². The molecule has 0 aromatic heterocycles. The maximum Gasteiger partial charge on any atom is 0.126 e. The van der Waals surface area contributed by atoms with Crippen molar-refractivity contribution in [1.29, 1.82) is 0 Å². The minimum absolute atomic E-state index is 0.230. The van der Waals surface area contributed by atoms with E-state index in [1.807, 2.05) is 12.1 Å². The van der Waals surface area contributed by atoms with E-state index in [1.54, 1.807) is 25.1 Å². The molecule has 0 aliphatic carbocycles. The van der Waals surface area contributed by atoms with Gasteiger partial charge < -0.3 is 0 Å². The highest BCUT2D eigenvalue weighted by Gasteiger charge is 2.14. The average Bonchev–Trinajstić information content (AvgIpc) is 2.33. The van der Waals surface area contributed by atoms with Gasteiger partial charge in [0.1, 0.15) is 5.82 Å². The first-order valence-corrected chi connectivity index (χ1v) is 6.86. The van der Waals surface area contributed by atoms with E-state index in [0.29, 0.717) is 10.6 Å². The lowest BCUT2D eigenvalue weighted by molar-refractivity contribution is 0.607. The number of hydrazine groups is 1. The van der Waals surface area contributed by atoms with Crippen molar-refractivity contribution in [3.05, 3.63) is 68.4 Å². The maximum absolute atomic E-state index is 13.3. The number of halogens is 3. The number of nitrogens with two attached hydrogens (primary N) is 1. The van der Waals surface area contributed by atoms with Crippen LogP contribution in [-0.4, -0.2) is 0 Å². The summed E-state index contributed by atoms with van der Waals surface area (Å²) in [6, 6.07) is 10.2. The van der Waals surface area contributed by atoms with Gasteiger partial charge in [-0.2, -0.15) is 0 Å². The van der Waals surface area contributed by atoms with Crippen molar-refractivity contribution < 1.29 is 4.39 Å². The Morgan fingerprint density at radius 2 is 1.95 bits per heavy atom. The number of rotatable bonds is 3. The summed E-state index contributed by atoms with van der Waals surface area (Å²) in [6.45, 7) is 1.72. The fraction of sp³-hybridized carbons (Fsp3) is 0.143. The number of hydrogen-bond acceptors (Lipinski definition) is 2. The Hall–Kier alpha value is -0.940. The third kappa shape index (κ3) is 3.34. The summed E-state index contributed by atoms with van der Waals surface area (Å²) in [7, 11) is 0. The number of nitrogens with one attached hydrogen (secondary N) is 1. The molecule has 1 unspecified atom stereocenters. The third-order valence-corrected chi connectivity index (χ3v) is 3.58. The zero-order valence-electron chi connectivity index (χ0n) is 10.3. The van der Waals surface area contributed by atoms with E-state index < -0.39 is 0 Å². The molecule has 0 aliphatic rings. The van der Waals surface area contributed by atoms with Crippen molar-refractivity contribution in [3.63, 3.8) is 0 Å². The summed E-state index contributed by atoms with van der Waals surface area (Å²) >= 11 is 9.43. The van der Waals surface area contributed by atoms with Gasteiger partial charge in [-0.3, -0.25) is 5.84 Å². The minimum atomic E-state index is -0.241. The largest absolute Gasteiger partial charge is 0.271 e. The van der Waals surface area contributed by atoms with Crippen LogP contribution in [0.15, 0.2) is 40.9 Å². The summed E-state index contributed by atoms with van der Waals surface area (Å²) < 4.78 is 14.2. The third-order valence-electron chi connectivity index (χ3n) is 2.90. The fourth-order valence-electron chi connectivity index (χ4n) is 1.97. The Balaban J connectivity index is 2.46. The van der Waals surface area contributed by atoms with E-state index >= 15 is 0 Å². The molecule has 0 fully saturated rings. The van der Waals surface area contributed by atoms with Crippen molar-refractivity contribution in [1.82, 2.24) is 5.43 Å². The number of benzene rings is 2. The monoisotopic (exact) mass is 342 g/mol. The molecule has 0 spiro atoms. The van der Waals surface area contributed by atoms with E-state index in [9.17, 15) is 4.39 Å². The van der Waals surface area contributed by atoms with Gasteiger partial charge >= 0.3 is 0 Å². The van der Waals surface area contributed by atoms with E-state index in [1.165, 1.54) is 6.07 Å². The highest BCUT2D eigenvalue weighted by Crippen LogP contribution is 2.28. The summed E-state index contributed by atoms with van der Waals surface area (Å²) in [5.41, 5.74) is 5.11. The molecule has 19 heavy (non-hydrogen) atoms. The van der Waals surface area contributed by atoms with Gasteiger partial charge in [0.15, 0.2) is 0 Å². The summed E-state index contributed by atoms with van der Waals surface area (Å²) in [6.07, 6.45) is 0. The minimum Gasteiger partial charge on any atom is -0.271 e. The standard InChI is InChI=1S/C14H13BrClFN2/c1-8-4-9(2-3-13(8)17)14(19-18)10-5-11(15)7-12(16)6-10/h2-7,14,19H,18H2,1H3. The maximum atomic E-state index is 13.3. The van der Waals surface area contributed by atoms with Gasteiger partial charge in [0.25, 0.3) is 0 Å². The predicted molar refractivity (Wildman–Crippen MR) is 79.5 cm³/mol. The fourth-order valence-corrected chi connectivity index (χ4v) is 2.86. The first-order chi connectivity index (χ1) is 9.01. The lowest BCUT2D eigenvalue weighted by Gasteiger charge is -2.18. The van der Waals surface area contributed by atoms with Crippen LogP contribution in [0.3, 0.4) is 0 Å². The molecule has 1 atom stereocenters. The lowest BCUT2D eigenvalue weighted by Crippen LogP contribution is -2.29. The van der Waals surface area contributed by atoms with Gasteiger partial charge in [-0.1, -0.05) is 39.7 Å². The lowest BCUT2D eigenvalue weighted by atomic mass is 9.98. The molecule has 2 rings (SSSR count). The second-order valence-electron chi connectivity index (χ2n) is 4.31. The molecule has 100 valence electrons. The van der Waals surface area contributed by atoms with Crippen LogP contribution in [0.4, 0.5) is 4.39 Å². The normalized spacial score (nSPS) is 12.5. The van der Waals surface area contributed by atoms with Gasteiger partial charge in [0, 0.05) is 9.50 Å². The summed E-state index contributed by atoms with van der Waals surface area (Å²) in [5, 5.41) is 0.614. The van der Waals surface area contributed by atoms with Crippen molar-refractivity contribution in [2.75, 3.05) is 0 Å². The second kappa shape index (κ2) is 6.01.